The van der Waals surface area contributed by atoms with Gasteiger partial charge < -0.3 is 4.90 Å². The molecule has 0 unspecified atom stereocenters. The molecule has 2 amide bonds. The smallest absolute Gasteiger partial charge is 0.286 e. The third-order valence-electron chi connectivity index (χ3n) is 3.86. The fraction of sp³-hybridized carbons (Fsp3) is 0.467. The summed E-state index contributed by atoms with van der Waals surface area (Å²) in [6.07, 6.45) is 3.07. The largest absolute Gasteiger partial charge is 0.371 e. The predicted molar refractivity (Wildman–Crippen MR) is 81.2 cm³/mol. The van der Waals surface area contributed by atoms with Crippen LogP contribution in [0.5, 0.6) is 0 Å². The lowest BCUT2D eigenvalue weighted by molar-refractivity contribution is -0.118. The van der Waals surface area contributed by atoms with Crippen molar-refractivity contribution in [3.63, 3.8) is 0 Å². The Morgan fingerprint density at radius 3 is 2.70 bits per heavy atom. The van der Waals surface area contributed by atoms with E-state index >= 15 is 0 Å². The summed E-state index contributed by atoms with van der Waals surface area (Å²) in [4.78, 5) is 25.4. The number of carbonyl (C=O) groups is 2. The summed E-state index contributed by atoms with van der Waals surface area (Å²) in [5, 5.41) is 1.85. The zero-order valence-corrected chi connectivity index (χ0v) is 12.3. The van der Waals surface area contributed by atoms with Crippen molar-refractivity contribution in [2.75, 3.05) is 18.0 Å². The number of amides is 2. The first-order chi connectivity index (χ1) is 9.63. The van der Waals surface area contributed by atoms with E-state index in [2.05, 4.69) is 35.3 Å². The maximum atomic E-state index is 11.7. The van der Waals surface area contributed by atoms with E-state index < -0.39 is 0 Å². The Bertz CT molecular complexity index is 553. The zero-order chi connectivity index (χ0) is 14.1. The number of hydrogen-bond acceptors (Lipinski definition) is 4. The van der Waals surface area contributed by atoms with Crippen molar-refractivity contribution in [3.8, 4) is 0 Å². The molecule has 2 saturated heterocycles. The molecule has 1 N–H and O–H groups in total. The van der Waals surface area contributed by atoms with Crippen LogP contribution in [0.25, 0.3) is 0 Å². The fourth-order valence-corrected chi connectivity index (χ4v) is 3.67. The van der Waals surface area contributed by atoms with Gasteiger partial charge in [-0.05, 0) is 43.4 Å². The molecule has 0 aliphatic carbocycles. The second-order valence-corrected chi connectivity index (χ2v) is 6.59. The Kier molecular flexibility index (Phi) is 3.70. The van der Waals surface area contributed by atoms with Gasteiger partial charge in [-0.2, -0.15) is 0 Å². The molecule has 1 aromatic carbocycles. The Hall–Kier alpha value is -1.49. The second kappa shape index (κ2) is 5.48. The third-order valence-corrected chi connectivity index (χ3v) is 4.84. The molecule has 1 atom stereocenters. The first-order valence-corrected chi connectivity index (χ1v) is 7.87. The minimum atomic E-state index is -0.286. The lowest BCUT2D eigenvalue weighted by Crippen LogP contribution is -2.26. The summed E-state index contributed by atoms with van der Waals surface area (Å²) in [5.74, 6) is -0.159. The van der Waals surface area contributed by atoms with E-state index in [0.717, 1.165) is 24.9 Å². The first-order valence-electron chi connectivity index (χ1n) is 6.99. The predicted octanol–water partition coefficient (Wildman–Crippen LogP) is 2.49. The SMILES string of the molecule is Cc1ccc(C[C@H]2SC(=O)NC2=O)c(N2CCCC2)c1. The summed E-state index contributed by atoms with van der Waals surface area (Å²) in [5.41, 5.74) is 3.63. The van der Waals surface area contributed by atoms with Crippen LogP contribution in [0.4, 0.5) is 10.5 Å². The maximum Gasteiger partial charge on any atom is 0.286 e. The molecular weight excluding hydrogens is 272 g/mol. The molecule has 2 fully saturated rings. The van der Waals surface area contributed by atoms with E-state index in [9.17, 15) is 9.59 Å². The molecular formula is C15H18N2O2S. The average molecular weight is 290 g/mol. The van der Waals surface area contributed by atoms with Gasteiger partial charge in [0.05, 0.1) is 5.25 Å². The van der Waals surface area contributed by atoms with Crippen LogP contribution in [0.3, 0.4) is 0 Å². The highest BCUT2D eigenvalue weighted by Crippen LogP contribution is 2.30. The number of nitrogens with zero attached hydrogens (tertiary/aromatic N) is 1. The summed E-state index contributed by atoms with van der Waals surface area (Å²) >= 11 is 1.11. The molecule has 1 aromatic rings. The number of benzene rings is 1. The molecule has 20 heavy (non-hydrogen) atoms. The van der Waals surface area contributed by atoms with E-state index in [1.54, 1.807) is 0 Å². The van der Waals surface area contributed by atoms with Gasteiger partial charge in [0, 0.05) is 18.8 Å². The summed E-state index contributed by atoms with van der Waals surface area (Å²) in [6, 6.07) is 6.37. The Balaban J connectivity index is 1.85. The molecule has 2 aliphatic heterocycles. The second-order valence-electron chi connectivity index (χ2n) is 5.41. The Labute approximate surface area is 122 Å². The van der Waals surface area contributed by atoms with Crippen LogP contribution in [0.1, 0.15) is 24.0 Å². The molecule has 0 saturated carbocycles. The molecule has 5 heteroatoms. The molecule has 2 heterocycles. The maximum absolute atomic E-state index is 11.7. The number of nitrogens with one attached hydrogen (secondary N) is 1. The van der Waals surface area contributed by atoms with Gasteiger partial charge in [0.2, 0.25) is 5.91 Å². The van der Waals surface area contributed by atoms with Crippen LogP contribution in [0.15, 0.2) is 18.2 Å². The lowest BCUT2D eigenvalue weighted by atomic mass is 10.0. The minimum Gasteiger partial charge on any atom is -0.371 e. The van der Waals surface area contributed by atoms with Gasteiger partial charge >= 0.3 is 0 Å². The highest BCUT2D eigenvalue weighted by atomic mass is 32.2. The van der Waals surface area contributed by atoms with Gasteiger partial charge in [-0.25, -0.2) is 0 Å². The van der Waals surface area contributed by atoms with Crippen LogP contribution >= 0.6 is 11.8 Å². The van der Waals surface area contributed by atoms with Crippen LogP contribution in [-0.4, -0.2) is 29.5 Å². The van der Waals surface area contributed by atoms with Crippen LogP contribution in [-0.2, 0) is 11.2 Å². The molecule has 0 bridgehead atoms. The van der Waals surface area contributed by atoms with Gasteiger partial charge in [0.25, 0.3) is 5.24 Å². The van der Waals surface area contributed by atoms with Crippen molar-refractivity contribution in [1.29, 1.82) is 0 Å². The van der Waals surface area contributed by atoms with Gasteiger partial charge in [0.15, 0.2) is 0 Å². The van der Waals surface area contributed by atoms with Crippen LogP contribution in [0, 0.1) is 6.92 Å². The number of imide groups is 1. The van der Waals surface area contributed by atoms with Gasteiger partial charge in [-0.15, -0.1) is 0 Å². The van der Waals surface area contributed by atoms with Crippen molar-refractivity contribution in [3.05, 3.63) is 29.3 Å². The minimum absolute atomic E-state index is 0.159. The van der Waals surface area contributed by atoms with Crippen molar-refractivity contribution in [1.82, 2.24) is 5.32 Å². The topological polar surface area (TPSA) is 49.4 Å². The normalized spacial score (nSPS) is 22.4. The van der Waals surface area contributed by atoms with Gasteiger partial charge in [-0.3, -0.25) is 14.9 Å². The molecule has 3 rings (SSSR count). The number of rotatable bonds is 3. The van der Waals surface area contributed by atoms with Crippen molar-refractivity contribution in [2.24, 2.45) is 0 Å². The first kappa shape index (κ1) is 13.5. The number of anilines is 1. The molecule has 106 valence electrons. The Morgan fingerprint density at radius 1 is 1.30 bits per heavy atom. The summed E-state index contributed by atoms with van der Waals surface area (Å²) < 4.78 is 0. The van der Waals surface area contributed by atoms with Crippen LogP contribution < -0.4 is 10.2 Å². The van der Waals surface area contributed by atoms with Gasteiger partial charge in [-0.1, -0.05) is 23.9 Å². The third kappa shape index (κ3) is 2.68. The van der Waals surface area contributed by atoms with Crippen molar-refractivity contribution in [2.45, 2.75) is 31.4 Å². The highest BCUT2D eigenvalue weighted by Gasteiger charge is 2.32. The number of hydrogen-bond donors (Lipinski definition) is 1. The number of aryl methyl sites for hydroxylation is 1. The quantitative estimate of drug-likeness (QED) is 0.929. The summed E-state index contributed by atoms with van der Waals surface area (Å²) in [6.45, 7) is 4.25. The van der Waals surface area contributed by atoms with E-state index in [0.29, 0.717) is 6.42 Å². The van der Waals surface area contributed by atoms with Crippen LogP contribution in [0.2, 0.25) is 0 Å². The number of carbonyl (C=O) groups excluding carboxylic acids is 2. The summed E-state index contributed by atoms with van der Waals surface area (Å²) in [7, 11) is 0. The van der Waals surface area contributed by atoms with E-state index in [1.165, 1.54) is 29.7 Å². The van der Waals surface area contributed by atoms with Crippen molar-refractivity contribution < 1.29 is 9.59 Å². The molecule has 2 aliphatic rings. The molecule has 0 aromatic heterocycles. The molecule has 0 spiro atoms. The lowest BCUT2D eigenvalue weighted by Gasteiger charge is -2.22. The fourth-order valence-electron chi connectivity index (χ4n) is 2.83. The van der Waals surface area contributed by atoms with E-state index in [4.69, 9.17) is 0 Å². The highest BCUT2D eigenvalue weighted by molar-refractivity contribution is 8.15. The van der Waals surface area contributed by atoms with E-state index in [1.807, 2.05) is 0 Å². The molecule has 0 radical (unpaired) electrons. The average Bonchev–Trinajstić information content (AvgIpc) is 3.02. The monoisotopic (exact) mass is 290 g/mol. The molecule has 4 nitrogen and oxygen atoms in total. The van der Waals surface area contributed by atoms with E-state index in [-0.39, 0.29) is 16.4 Å². The van der Waals surface area contributed by atoms with Gasteiger partial charge in [0.1, 0.15) is 0 Å². The zero-order valence-electron chi connectivity index (χ0n) is 11.5. The van der Waals surface area contributed by atoms with Crippen molar-refractivity contribution >= 4 is 28.6 Å². The standard InChI is InChI=1S/C15H18N2O2S/c1-10-4-5-11(9-13-14(18)16-15(19)20-13)12(8-10)17-6-2-3-7-17/h4-5,8,13H,2-3,6-7,9H2,1H3,(H,16,18,19)/t13-/m1/s1. The number of thioether (sulfide) groups is 1. The Morgan fingerprint density at radius 2 is 2.05 bits per heavy atom.